The van der Waals surface area contributed by atoms with Crippen molar-refractivity contribution in [1.29, 1.82) is 0 Å². The molecule has 2 heterocycles. The third kappa shape index (κ3) is 1.97. The Balaban J connectivity index is 1.60. The van der Waals surface area contributed by atoms with Crippen molar-refractivity contribution in [2.75, 3.05) is 13.1 Å². The van der Waals surface area contributed by atoms with Gasteiger partial charge in [0.2, 0.25) is 5.91 Å². The number of piperidine rings is 1. The Morgan fingerprint density at radius 2 is 2.00 bits per heavy atom. The lowest BCUT2D eigenvalue weighted by atomic mass is 9.77. The minimum absolute atomic E-state index is 0.0983. The van der Waals surface area contributed by atoms with Gasteiger partial charge >= 0.3 is 0 Å². The number of hydrogen-bond donors (Lipinski definition) is 2. The molecule has 3 rings (SSSR count). The average Bonchev–Trinajstić information content (AvgIpc) is 2.70. The molecule has 0 spiro atoms. The summed E-state index contributed by atoms with van der Waals surface area (Å²) in [6.45, 7) is 2.36. The van der Waals surface area contributed by atoms with Gasteiger partial charge in [-0.1, -0.05) is 6.42 Å². The Bertz CT molecular complexity index is 314. The zero-order valence-corrected chi connectivity index (χ0v) is 10.5. The molecule has 4 nitrogen and oxygen atoms in total. The highest BCUT2D eigenvalue weighted by molar-refractivity contribution is 5.87. The number of carbonyl (C=O) groups excluding carboxylic acids is 1. The van der Waals surface area contributed by atoms with Crippen molar-refractivity contribution in [2.24, 2.45) is 5.73 Å². The first-order chi connectivity index (χ1) is 8.19. The third-order valence-electron chi connectivity index (χ3n) is 4.87. The maximum absolute atomic E-state index is 12.1. The first-order valence-corrected chi connectivity index (χ1v) is 7.03. The number of hydrogen-bond acceptors (Lipinski definition) is 3. The van der Waals surface area contributed by atoms with Crippen LogP contribution < -0.4 is 11.1 Å². The Labute approximate surface area is 103 Å². The van der Waals surface area contributed by atoms with Gasteiger partial charge in [-0.2, -0.15) is 0 Å². The third-order valence-corrected chi connectivity index (χ3v) is 4.87. The van der Waals surface area contributed by atoms with Crippen molar-refractivity contribution >= 4 is 5.91 Å². The molecule has 0 aromatic rings. The van der Waals surface area contributed by atoms with Crippen molar-refractivity contribution in [2.45, 2.75) is 62.6 Å². The maximum Gasteiger partial charge on any atom is 0.240 e. The quantitative estimate of drug-likeness (QED) is 0.740. The van der Waals surface area contributed by atoms with E-state index in [0.29, 0.717) is 12.1 Å². The standard InChI is InChI=1S/C13H23N3O/c14-13(6-3-7-13)12(17)15-10-5-9-16-8-2-1-4-11(10)16/h10-11H,1-9,14H2,(H,15,17). The van der Waals surface area contributed by atoms with Crippen LogP contribution in [0, 0.1) is 0 Å². The number of amides is 1. The highest BCUT2D eigenvalue weighted by Crippen LogP contribution is 2.31. The van der Waals surface area contributed by atoms with E-state index in [-0.39, 0.29) is 5.91 Å². The molecule has 3 aliphatic rings. The molecule has 2 atom stereocenters. The van der Waals surface area contributed by atoms with Crippen molar-refractivity contribution < 1.29 is 4.79 Å². The van der Waals surface area contributed by atoms with Gasteiger partial charge in [-0.3, -0.25) is 9.69 Å². The summed E-state index contributed by atoms with van der Waals surface area (Å²) >= 11 is 0. The number of nitrogens with two attached hydrogens (primary N) is 1. The van der Waals surface area contributed by atoms with Crippen LogP contribution in [0.3, 0.4) is 0 Å². The van der Waals surface area contributed by atoms with Crippen molar-refractivity contribution in [1.82, 2.24) is 10.2 Å². The summed E-state index contributed by atoms with van der Waals surface area (Å²) in [5.74, 6) is 0.0983. The van der Waals surface area contributed by atoms with Gasteiger partial charge in [0.05, 0.1) is 5.54 Å². The maximum atomic E-state index is 12.1. The molecular weight excluding hydrogens is 214 g/mol. The van der Waals surface area contributed by atoms with Gasteiger partial charge in [-0.05, 0) is 45.1 Å². The van der Waals surface area contributed by atoms with Crippen molar-refractivity contribution in [3.05, 3.63) is 0 Å². The molecule has 0 radical (unpaired) electrons. The smallest absolute Gasteiger partial charge is 0.240 e. The second-order valence-corrected chi connectivity index (χ2v) is 5.98. The highest BCUT2D eigenvalue weighted by Gasteiger charge is 2.43. The lowest BCUT2D eigenvalue weighted by Crippen LogP contribution is -2.61. The minimum atomic E-state index is -0.540. The van der Waals surface area contributed by atoms with Crippen LogP contribution in [0.4, 0.5) is 0 Å². The van der Waals surface area contributed by atoms with E-state index in [1.807, 2.05) is 0 Å². The van der Waals surface area contributed by atoms with Crippen LogP contribution in [0.2, 0.25) is 0 Å². The van der Waals surface area contributed by atoms with Crippen LogP contribution in [-0.4, -0.2) is 41.5 Å². The molecule has 17 heavy (non-hydrogen) atoms. The predicted octanol–water partition coefficient (Wildman–Crippen LogP) is 0.611. The Hall–Kier alpha value is -0.610. The molecular formula is C13H23N3O. The summed E-state index contributed by atoms with van der Waals surface area (Å²) in [5.41, 5.74) is 5.53. The van der Waals surface area contributed by atoms with Crippen LogP contribution >= 0.6 is 0 Å². The summed E-state index contributed by atoms with van der Waals surface area (Å²) in [4.78, 5) is 14.7. The fourth-order valence-electron chi connectivity index (χ4n) is 3.51. The lowest BCUT2D eigenvalue weighted by molar-refractivity contribution is -0.130. The molecule has 4 heteroatoms. The van der Waals surface area contributed by atoms with Gasteiger partial charge < -0.3 is 11.1 Å². The number of nitrogens with zero attached hydrogens (tertiary/aromatic N) is 1. The van der Waals surface area contributed by atoms with Gasteiger partial charge in [-0.15, -0.1) is 0 Å². The zero-order chi connectivity index (χ0) is 11.9. The number of rotatable bonds is 2. The van der Waals surface area contributed by atoms with Crippen LogP contribution in [-0.2, 0) is 4.79 Å². The van der Waals surface area contributed by atoms with E-state index in [9.17, 15) is 4.79 Å². The average molecular weight is 237 g/mol. The number of carbonyl (C=O) groups is 1. The Morgan fingerprint density at radius 1 is 1.18 bits per heavy atom. The summed E-state index contributed by atoms with van der Waals surface area (Å²) in [5, 5.41) is 3.21. The van der Waals surface area contributed by atoms with E-state index in [4.69, 9.17) is 5.73 Å². The second-order valence-electron chi connectivity index (χ2n) is 5.98. The summed E-state index contributed by atoms with van der Waals surface area (Å²) in [7, 11) is 0. The van der Waals surface area contributed by atoms with Crippen LogP contribution in [0.5, 0.6) is 0 Å². The predicted molar refractivity (Wildman–Crippen MR) is 66.5 cm³/mol. The minimum Gasteiger partial charge on any atom is -0.350 e. The molecule has 0 aromatic heterocycles. The van der Waals surface area contributed by atoms with E-state index in [1.165, 1.54) is 25.8 Å². The fraction of sp³-hybridized carbons (Fsp3) is 0.923. The second kappa shape index (κ2) is 4.25. The first kappa shape index (κ1) is 11.5. The Kier molecular flexibility index (Phi) is 2.87. The van der Waals surface area contributed by atoms with E-state index in [1.54, 1.807) is 0 Å². The highest BCUT2D eigenvalue weighted by atomic mass is 16.2. The fourth-order valence-corrected chi connectivity index (χ4v) is 3.51. The molecule has 3 fully saturated rings. The first-order valence-electron chi connectivity index (χ1n) is 7.03. The van der Waals surface area contributed by atoms with E-state index >= 15 is 0 Å². The SMILES string of the molecule is NC1(C(=O)NC2CCN3CCCCC23)CCC1. The van der Waals surface area contributed by atoms with Gasteiger partial charge in [0, 0.05) is 18.6 Å². The van der Waals surface area contributed by atoms with Crippen LogP contribution in [0.25, 0.3) is 0 Å². The molecule has 1 saturated carbocycles. The van der Waals surface area contributed by atoms with E-state index in [2.05, 4.69) is 10.2 Å². The Morgan fingerprint density at radius 3 is 2.71 bits per heavy atom. The zero-order valence-electron chi connectivity index (χ0n) is 10.5. The van der Waals surface area contributed by atoms with Gasteiger partial charge in [-0.25, -0.2) is 0 Å². The molecule has 0 aromatic carbocycles. The molecule has 2 unspecified atom stereocenters. The summed E-state index contributed by atoms with van der Waals surface area (Å²) in [6, 6.07) is 0.931. The number of fused-ring (bicyclic) bond motifs is 1. The molecule has 3 N–H and O–H groups in total. The van der Waals surface area contributed by atoms with Crippen LogP contribution in [0.15, 0.2) is 0 Å². The lowest BCUT2D eigenvalue weighted by Gasteiger charge is -2.39. The summed E-state index contributed by atoms with van der Waals surface area (Å²) in [6.07, 6.45) is 7.79. The normalized spacial score (nSPS) is 36.1. The molecule has 96 valence electrons. The summed E-state index contributed by atoms with van der Waals surface area (Å²) < 4.78 is 0. The van der Waals surface area contributed by atoms with Crippen molar-refractivity contribution in [3.8, 4) is 0 Å². The largest absolute Gasteiger partial charge is 0.350 e. The van der Waals surface area contributed by atoms with Crippen molar-refractivity contribution in [3.63, 3.8) is 0 Å². The number of nitrogens with one attached hydrogen (secondary N) is 1. The monoisotopic (exact) mass is 237 g/mol. The topological polar surface area (TPSA) is 58.4 Å². The molecule has 1 amide bonds. The van der Waals surface area contributed by atoms with E-state index in [0.717, 1.165) is 32.2 Å². The van der Waals surface area contributed by atoms with Gasteiger partial charge in [0.25, 0.3) is 0 Å². The van der Waals surface area contributed by atoms with Gasteiger partial charge in [0.15, 0.2) is 0 Å². The molecule has 1 aliphatic carbocycles. The van der Waals surface area contributed by atoms with Crippen LogP contribution in [0.1, 0.15) is 44.9 Å². The van der Waals surface area contributed by atoms with Gasteiger partial charge in [0.1, 0.15) is 0 Å². The van der Waals surface area contributed by atoms with E-state index < -0.39 is 5.54 Å². The molecule has 2 aliphatic heterocycles. The molecule has 2 saturated heterocycles. The molecule has 0 bridgehead atoms.